The number of amidine groups is 1. The molecule has 98 valence electrons. The van der Waals surface area contributed by atoms with Crippen LogP contribution in [0.1, 0.15) is 17.0 Å². The SMILES string of the molecule is Cc1ccc(C)n1NC1=NS(=O)(=O)c2ccccc21. The predicted octanol–water partition coefficient (Wildman–Crippen LogP) is 1.80. The van der Waals surface area contributed by atoms with Crippen molar-refractivity contribution in [2.75, 3.05) is 5.43 Å². The Morgan fingerprint density at radius 2 is 1.68 bits per heavy atom. The zero-order valence-corrected chi connectivity index (χ0v) is 11.4. The predicted molar refractivity (Wildman–Crippen MR) is 73.4 cm³/mol. The maximum Gasteiger partial charge on any atom is 0.285 e. The minimum absolute atomic E-state index is 0.250. The number of aromatic nitrogens is 1. The molecule has 0 fully saturated rings. The fraction of sp³-hybridized carbons (Fsp3) is 0.154. The number of aryl methyl sites for hydroxylation is 2. The van der Waals surface area contributed by atoms with Gasteiger partial charge in [-0.15, -0.1) is 4.40 Å². The van der Waals surface area contributed by atoms with Crippen LogP contribution in [0.15, 0.2) is 45.7 Å². The summed E-state index contributed by atoms with van der Waals surface area (Å²) in [5.41, 5.74) is 5.64. The number of fused-ring (bicyclic) bond motifs is 1. The molecule has 1 N–H and O–H groups in total. The van der Waals surface area contributed by atoms with Crippen LogP contribution in [0.4, 0.5) is 0 Å². The summed E-state index contributed by atoms with van der Waals surface area (Å²) in [5, 5.41) is 0. The van der Waals surface area contributed by atoms with E-state index < -0.39 is 10.0 Å². The third-order valence-corrected chi connectivity index (χ3v) is 4.46. The van der Waals surface area contributed by atoms with Crippen molar-refractivity contribution in [1.29, 1.82) is 0 Å². The highest BCUT2D eigenvalue weighted by molar-refractivity contribution is 7.90. The molecule has 0 radical (unpaired) electrons. The Hall–Kier alpha value is -2.08. The van der Waals surface area contributed by atoms with Gasteiger partial charge in [-0.1, -0.05) is 12.1 Å². The highest BCUT2D eigenvalue weighted by Crippen LogP contribution is 2.25. The standard InChI is InChI=1S/C13H13N3O2S/c1-9-7-8-10(2)16(9)14-13-11-5-3-4-6-12(11)19(17,18)15-13/h3-8H,1-2H3,(H,14,15). The molecular weight excluding hydrogens is 262 g/mol. The molecule has 3 rings (SSSR count). The molecule has 19 heavy (non-hydrogen) atoms. The summed E-state index contributed by atoms with van der Waals surface area (Å²) < 4.78 is 29.5. The van der Waals surface area contributed by atoms with Gasteiger partial charge in [0.2, 0.25) is 0 Å². The maximum absolute atomic E-state index is 11.9. The quantitative estimate of drug-likeness (QED) is 0.863. The summed E-state index contributed by atoms with van der Waals surface area (Å²) in [6, 6.07) is 10.7. The summed E-state index contributed by atoms with van der Waals surface area (Å²) in [7, 11) is -3.57. The molecule has 0 saturated carbocycles. The Morgan fingerprint density at radius 3 is 2.37 bits per heavy atom. The first kappa shape index (κ1) is 12.0. The average molecular weight is 275 g/mol. The third-order valence-electron chi connectivity index (χ3n) is 3.12. The number of hydrogen-bond acceptors (Lipinski definition) is 3. The van der Waals surface area contributed by atoms with Gasteiger partial charge in [-0.25, -0.2) is 0 Å². The first-order chi connectivity index (χ1) is 8.99. The second kappa shape index (κ2) is 3.96. The second-order valence-corrected chi connectivity index (χ2v) is 6.05. The molecule has 0 spiro atoms. The van der Waals surface area contributed by atoms with E-state index in [2.05, 4.69) is 9.82 Å². The van der Waals surface area contributed by atoms with Gasteiger partial charge in [0.15, 0.2) is 5.84 Å². The van der Waals surface area contributed by atoms with E-state index >= 15 is 0 Å². The summed E-state index contributed by atoms with van der Waals surface area (Å²) in [6.45, 7) is 3.88. The summed E-state index contributed by atoms with van der Waals surface area (Å²) in [4.78, 5) is 0.250. The summed E-state index contributed by atoms with van der Waals surface area (Å²) in [5.74, 6) is 0.359. The molecule has 1 aliphatic rings. The van der Waals surface area contributed by atoms with Crippen molar-refractivity contribution in [2.45, 2.75) is 18.7 Å². The van der Waals surface area contributed by atoms with Crippen molar-refractivity contribution in [3.63, 3.8) is 0 Å². The topological polar surface area (TPSA) is 63.5 Å². The van der Waals surface area contributed by atoms with E-state index in [0.29, 0.717) is 11.4 Å². The number of nitrogens with zero attached hydrogens (tertiary/aromatic N) is 2. The van der Waals surface area contributed by atoms with Crippen LogP contribution in [0.2, 0.25) is 0 Å². The normalized spacial score (nSPS) is 16.0. The van der Waals surface area contributed by atoms with Gasteiger partial charge in [0.05, 0.1) is 0 Å². The van der Waals surface area contributed by atoms with Gasteiger partial charge in [-0.05, 0) is 38.1 Å². The monoisotopic (exact) mass is 275 g/mol. The van der Waals surface area contributed by atoms with Gasteiger partial charge < -0.3 is 0 Å². The highest BCUT2D eigenvalue weighted by Gasteiger charge is 2.28. The average Bonchev–Trinajstić information content (AvgIpc) is 2.82. The molecule has 2 aromatic rings. The molecule has 5 nitrogen and oxygen atoms in total. The zero-order valence-electron chi connectivity index (χ0n) is 10.6. The van der Waals surface area contributed by atoms with E-state index in [1.54, 1.807) is 24.3 Å². The minimum Gasteiger partial charge on any atom is -0.276 e. The molecule has 0 unspecified atom stereocenters. The summed E-state index contributed by atoms with van der Waals surface area (Å²) >= 11 is 0. The van der Waals surface area contributed by atoms with Crippen LogP contribution in [0.5, 0.6) is 0 Å². The van der Waals surface area contributed by atoms with Crippen molar-refractivity contribution < 1.29 is 8.42 Å². The van der Waals surface area contributed by atoms with Crippen LogP contribution in [0.25, 0.3) is 0 Å². The van der Waals surface area contributed by atoms with Gasteiger partial charge in [-0.2, -0.15) is 8.42 Å². The van der Waals surface area contributed by atoms with E-state index in [1.807, 2.05) is 30.7 Å². The molecule has 0 saturated heterocycles. The Morgan fingerprint density at radius 1 is 1.05 bits per heavy atom. The van der Waals surface area contributed by atoms with Gasteiger partial charge in [0, 0.05) is 17.0 Å². The van der Waals surface area contributed by atoms with Gasteiger partial charge in [-0.3, -0.25) is 10.1 Å². The molecule has 6 heteroatoms. The maximum atomic E-state index is 11.9. The molecule has 1 aromatic heterocycles. The van der Waals surface area contributed by atoms with Gasteiger partial charge in [0.1, 0.15) is 4.90 Å². The van der Waals surface area contributed by atoms with Crippen LogP contribution in [-0.2, 0) is 10.0 Å². The number of nitrogens with one attached hydrogen (secondary N) is 1. The number of rotatable bonds is 1. The van der Waals surface area contributed by atoms with Crippen LogP contribution in [0, 0.1) is 13.8 Å². The Balaban J connectivity index is 2.09. The molecule has 0 bridgehead atoms. The van der Waals surface area contributed by atoms with Crippen LogP contribution in [-0.4, -0.2) is 18.9 Å². The smallest absolute Gasteiger partial charge is 0.276 e. The second-order valence-electron chi connectivity index (χ2n) is 4.47. The molecular formula is C13H13N3O2S. The largest absolute Gasteiger partial charge is 0.285 e. The molecule has 0 aliphatic carbocycles. The van der Waals surface area contributed by atoms with Crippen molar-refractivity contribution in [2.24, 2.45) is 4.40 Å². The van der Waals surface area contributed by atoms with Crippen LogP contribution in [0.3, 0.4) is 0 Å². The lowest BCUT2D eigenvalue weighted by molar-refractivity contribution is 0.599. The van der Waals surface area contributed by atoms with E-state index in [-0.39, 0.29) is 4.90 Å². The lowest BCUT2D eigenvalue weighted by Gasteiger charge is -2.12. The van der Waals surface area contributed by atoms with E-state index in [4.69, 9.17) is 0 Å². The minimum atomic E-state index is -3.57. The summed E-state index contributed by atoms with van der Waals surface area (Å²) in [6.07, 6.45) is 0. The Labute approximate surface area is 111 Å². The Bertz CT molecular complexity index is 768. The first-order valence-electron chi connectivity index (χ1n) is 5.85. The molecule has 1 aliphatic heterocycles. The van der Waals surface area contributed by atoms with E-state index in [1.165, 1.54) is 0 Å². The van der Waals surface area contributed by atoms with Crippen LogP contribution < -0.4 is 5.43 Å². The first-order valence-corrected chi connectivity index (χ1v) is 7.29. The molecule has 0 atom stereocenters. The van der Waals surface area contributed by atoms with Crippen LogP contribution >= 0.6 is 0 Å². The lowest BCUT2D eigenvalue weighted by atomic mass is 10.2. The van der Waals surface area contributed by atoms with Crippen molar-refractivity contribution in [3.05, 3.63) is 53.3 Å². The molecule has 2 heterocycles. The fourth-order valence-corrected chi connectivity index (χ4v) is 3.31. The van der Waals surface area contributed by atoms with Crippen molar-refractivity contribution in [3.8, 4) is 0 Å². The molecule has 0 amide bonds. The molecule has 1 aromatic carbocycles. The fourth-order valence-electron chi connectivity index (χ4n) is 2.14. The number of sulfonamides is 1. The van der Waals surface area contributed by atoms with Crippen molar-refractivity contribution in [1.82, 2.24) is 4.68 Å². The third kappa shape index (κ3) is 1.84. The van der Waals surface area contributed by atoms with E-state index in [0.717, 1.165) is 11.4 Å². The highest BCUT2D eigenvalue weighted by atomic mass is 32.2. The van der Waals surface area contributed by atoms with Gasteiger partial charge in [0.25, 0.3) is 10.0 Å². The van der Waals surface area contributed by atoms with Gasteiger partial charge >= 0.3 is 0 Å². The Kier molecular flexibility index (Phi) is 2.50. The number of benzene rings is 1. The lowest BCUT2D eigenvalue weighted by Crippen LogP contribution is -2.24. The van der Waals surface area contributed by atoms with E-state index in [9.17, 15) is 8.42 Å². The van der Waals surface area contributed by atoms with Crippen molar-refractivity contribution >= 4 is 15.9 Å². The number of hydrogen-bond donors (Lipinski definition) is 1. The zero-order chi connectivity index (χ0) is 13.6.